The summed E-state index contributed by atoms with van der Waals surface area (Å²) in [5, 5.41) is 7.27. The molecule has 1 saturated carbocycles. The van der Waals surface area contributed by atoms with Gasteiger partial charge in [0.15, 0.2) is 0 Å². The van der Waals surface area contributed by atoms with Crippen LogP contribution in [0, 0.1) is 0 Å². The Balaban J connectivity index is 2.07. The van der Waals surface area contributed by atoms with E-state index in [0.29, 0.717) is 5.92 Å². The van der Waals surface area contributed by atoms with Crippen LogP contribution in [0.3, 0.4) is 0 Å². The highest BCUT2D eigenvalue weighted by molar-refractivity contribution is 5.69. The third-order valence-electron chi connectivity index (χ3n) is 2.83. The number of aromatic nitrogens is 2. The lowest BCUT2D eigenvalue weighted by molar-refractivity contribution is 0.966. The van der Waals surface area contributed by atoms with Gasteiger partial charge in [-0.2, -0.15) is 5.10 Å². The molecule has 3 N–H and O–H groups in total. The van der Waals surface area contributed by atoms with Crippen LogP contribution >= 0.6 is 0 Å². The van der Waals surface area contributed by atoms with Gasteiger partial charge < -0.3 is 5.73 Å². The molecule has 3 nitrogen and oxygen atoms in total. The van der Waals surface area contributed by atoms with E-state index in [0.717, 1.165) is 11.3 Å². The van der Waals surface area contributed by atoms with E-state index in [1.165, 1.54) is 24.1 Å². The van der Waals surface area contributed by atoms with Gasteiger partial charge in [-0.15, -0.1) is 0 Å². The Labute approximate surface area is 88.3 Å². The molecule has 0 unspecified atom stereocenters. The maximum absolute atomic E-state index is 5.78. The third-order valence-corrected chi connectivity index (χ3v) is 2.83. The monoisotopic (exact) mass is 199 g/mol. The second kappa shape index (κ2) is 3.12. The van der Waals surface area contributed by atoms with Crippen molar-refractivity contribution in [1.29, 1.82) is 0 Å². The Morgan fingerprint density at radius 3 is 2.93 bits per heavy atom. The van der Waals surface area contributed by atoms with Crippen LogP contribution in [0.1, 0.15) is 24.5 Å². The molecule has 0 aliphatic heterocycles. The maximum atomic E-state index is 5.78. The van der Waals surface area contributed by atoms with Crippen molar-refractivity contribution in [3.63, 3.8) is 0 Å². The van der Waals surface area contributed by atoms with E-state index in [9.17, 15) is 0 Å². The summed E-state index contributed by atoms with van der Waals surface area (Å²) in [5.74, 6) is 0.660. The minimum Gasteiger partial charge on any atom is -0.399 e. The van der Waals surface area contributed by atoms with E-state index in [2.05, 4.69) is 16.3 Å². The Morgan fingerprint density at radius 2 is 2.20 bits per heavy atom. The van der Waals surface area contributed by atoms with Gasteiger partial charge in [-0.3, -0.25) is 5.10 Å². The number of nitrogens with two attached hydrogens (primary N) is 1. The molecule has 0 atom stereocenters. The minimum atomic E-state index is 0.660. The Morgan fingerprint density at radius 1 is 1.33 bits per heavy atom. The normalized spacial score (nSPS) is 15.5. The summed E-state index contributed by atoms with van der Waals surface area (Å²) in [6.07, 6.45) is 4.49. The van der Waals surface area contributed by atoms with Gasteiger partial charge in [-0.25, -0.2) is 0 Å². The van der Waals surface area contributed by atoms with Crippen molar-refractivity contribution in [2.45, 2.75) is 18.8 Å². The van der Waals surface area contributed by atoms with Crippen molar-refractivity contribution in [3.05, 3.63) is 36.2 Å². The minimum absolute atomic E-state index is 0.660. The zero-order valence-corrected chi connectivity index (χ0v) is 8.40. The van der Waals surface area contributed by atoms with Crippen LogP contribution in [0.2, 0.25) is 0 Å². The quantitative estimate of drug-likeness (QED) is 0.730. The third kappa shape index (κ3) is 1.50. The number of hydrogen-bond acceptors (Lipinski definition) is 2. The van der Waals surface area contributed by atoms with Gasteiger partial charge in [0.1, 0.15) is 0 Å². The molecular weight excluding hydrogens is 186 g/mol. The van der Waals surface area contributed by atoms with Crippen LogP contribution in [-0.2, 0) is 0 Å². The van der Waals surface area contributed by atoms with Crippen molar-refractivity contribution in [2.75, 3.05) is 5.73 Å². The summed E-state index contributed by atoms with van der Waals surface area (Å²) >= 11 is 0. The first-order chi connectivity index (χ1) is 7.34. The Kier molecular flexibility index (Phi) is 1.78. The Hall–Kier alpha value is -1.77. The van der Waals surface area contributed by atoms with Crippen LogP contribution < -0.4 is 5.73 Å². The van der Waals surface area contributed by atoms with E-state index >= 15 is 0 Å². The number of H-pyrrole nitrogens is 1. The first-order valence-electron chi connectivity index (χ1n) is 5.24. The largest absolute Gasteiger partial charge is 0.399 e. The first-order valence-corrected chi connectivity index (χ1v) is 5.24. The number of anilines is 1. The average molecular weight is 199 g/mol. The van der Waals surface area contributed by atoms with E-state index in [4.69, 9.17) is 5.73 Å². The van der Waals surface area contributed by atoms with Crippen LogP contribution in [0.25, 0.3) is 11.1 Å². The molecule has 15 heavy (non-hydrogen) atoms. The van der Waals surface area contributed by atoms with Crippen molar-refractivity contribution in [3.8, 4) is 11.1 Å². The number of nitrogen functional groups attached to an aromatic ring is 1. The molecule has 1 aromatic carbocycles. The van der Waals surface area contributed by atoms with Crippen LogP contribution in [0.5, 0.6) is 0 Å². The lowest BCUT2D eigenvalue weighted by Gasteiger charge is -2.01. The lowest BCUT2D eigenvalue weighted by Crippen LogP contribution is -1.87. The molecule has 0 amide bonds. The topological polar surface area (TPSA) is 54.7 Å². The number of aromatic amines is 1. The molecule has 76 valence electrons. The second-order valence-corrected chi connectivity index (χ2v) is 4.08. The predicted octanol–water partition coefficient (Wildman–Crippen LogP) is 2.54. The standard InChI is InChI=1S/C12H13N3/c13-10-3-1-2-9(6-10)11-7-14-15-12(11)8-4-5-8/h1-3,6-8H,4-5,13H2,(H,14,15). The molecule has 3 heteroatoms. The molecule has 2 aromatic rings. The zero-order chi connectivity index (χ0) is 10.3. The number of benzene rings is 1. The lowest BCUT2D eigenvalue weighted by atomic mass is 10.0. The molecule has 1 aliphatic rings. The summed E-state index contributed by atoms with van der Waals surface area (Å²) < 4.78 is 0. The van der Waals surface area contributed by atoms with Gasteiger partial charge >= 0.3 is 0 Å². The molecule has 1 aromatic heterocycles. The maximum Gasteiger partial charge on any atom is 0.0731 e. The van der Waals surface area contributed by atoms with Gasteiger partial charge in [-0.1, -0.05) is 12.1 Å². The molecule has 1 fully saturated rings. The highest BCUT2D eigenvalue weighted by atomic mass is 15.1. The van der Waals surface area contributed by atoms with Crippen molar-refractivity contribution >= 4 is 5.69 Å². The van der Waals surface area contributed by atoms with Crippen LogP contribution in [0.15, 0.2) is 30.5 Å². The first kappa shape index (κ1) is 8.53. The van der Waals surface area contributed by atoms with Gasteiger partial charge in [0, 0.05) is 23.4 Å². The van der Waals surface area contributed by atoms with Crippen LogP contribution in [0.4, 0.5) is 5.69 Å². The molecule has 0 saturated heterocycles. The fourth-order valence-electron chi connectivity index (χ4n) is 1.91. The average Bonchev–Trinajstić information content (AvgIpc) is 2.96. The molecule has 3 rings (SSSR count). The smallest absolute Gasteiger partial charge is 0.0731 e. The summed E-state index contributed by atoms with van der Waals surface area (Å²) in [6, 6.07) is 7.96. The van der Waals surface area contributed by atoms with Crippen molar-refractivity contribution < 1.29 is 0 Å². The number of hydrogen-bond donors (Lipinski definition) is 2. The number of nitrogens with one attached hydrogen (secondary N) is 1. The van der Waals surface area contributed by atoms with E-state index in [-0.39, 0.29) is 0 Å². The summed E-state index contributed by atoms with van der Waals surface area (Å²) in [7, 11) is 0. The van der Waals surface area contributed by atoms with E-state index < -0.39 is 0 Å². The zero-order valence-electron chi connectivity index (χ0n) is 8.40. The van der Waals surface area contributed by atoms with Gasteiger partial charge in [-0.05, 0) is 30.5 Å². The predicted molar refractivity (Wildman–Crippen MR) is 60.4 cm³/mol. The molecule has 1 heterocycles. The molecular formula is C12H13N3. The van der Waals surface area contributed by atoms with E-state index in [1.54, 1.807) is 0 Å². The number of nitrogens with zero attached hydrogens (tertiary/aromatic N) is 1. The van der Waals surface area contributed by atoms with Crippen LogP contribution in [-0.4, -0.2) is 10.2 Å². The highest BCUT2D eigenvalue weighted by Gasteiger charge is 2.28. The SMILES string of the molecule is Nc1cccc(-c2c[nH]nc2C2CC2)c1. The summed E-state index contributed by atoms with van der Waals surface area (Å²) in [5.41, 5.74) is 10.1. The van der Waals surface area contributed by atoms with Gasteiger partial charge in [0.25, 0.3) is 0 Å². The fraction of sp³-hybridized carbons (Fsp3) is 0.250. The van der Waals surface area contributed by atoms with Crippen molar-refractivity contribution in [2.24, 2.45) is 0 Å². The van der Waals surface area contributed by atoms with E-state index in [1.807, 2.05) is 24.4 Å². The van der Waals surface area contributed by atoms with Gasteiger partial charge in [0.05, 0.1) is 5.69 Å². The number of rotatable bonds is 2. The summed E-state index contributed by atoms with van der Waals surface area (Å²) in [6.45, 7) is 0. The Bertz CT molecular complexity index is 483. The summed E-state index contributed by atoms with van der Waals surface area (Å²) in [4.78, 5) is 0. The molecule has 0 radical (unpaired) electrons. The molecule has 0 spiro atoms. The van der Waals surface area contributed by atoms with Gasteiger partial charge in [0.2, 0.25) is 0 Å². The fourth-order valence-corrected chi connectivity index (χ4v) is 1.91. The molecule has 1 aliphatic carbocycles. The van der Waals surface area contributed by atoms with Crippen molar-refractivity contribution in [1.82, 2.24) is 10.2 Å². The highest BCUT2D eigenvalue weighted by Crippen LogP contribution is 2.43. The second-order valence-electron chi connectivity index (χ2n) is 4.08. The molecule has 0 bridgehead atoms.